The largest absolute Gasteiger partial charge is 0.301 e. The minimum Gasteiger partial charge on any atom is -0.301 e. The highest BCUT2D eigenvalue weighted by atomic mass is 15.2. The molecule has 1 aliphatic heterocycles. The fourth-order valence-corrected chi connectivity index (χ4v) is 1.76. The van der Waals surface area contributed by atoms with Gasteiger partial charge in [0.15, 0.2) is 0 Å². The minimum absolute atomic E-state index is 0.00176. The van der Waals surface area contributed by atoms with Gasteiger partial charge in [-0.2, -0.15) is 5.26 Å². The second kappa shape index (κ2) is 5.21. The number of rotatable bonds is 4. The van der Waals surface area contributed by atoms with Crippen LogP contribution < -0.4 is 5.32 Å². The molecule has 3 heteroatoms. The zero-order chi connectivity index (χ0) is 9.68. The molecule has 1 aliphatic rings. The molecule has 1 heterocycles. The van der Waals surface area contributed by atoms with Crippen molar-refractivity contribution in [3.8, 4) is 6.07 Å². The highest BCUT2D eigenvalue weighted by Gasteiger charge is 2.17. The lowest BCUT2D eigenvalue weighted by atomic mass is 10.2. The van der Waals surface area contributed by atoms with Gasteiger partial charge in [-0.25, -0.2) is 0 Å². The molecule has 1 unspecified atom stereocenters. The Labute approximate surface area is 80.7 Å². The monoisotopic (exact) mass is 181 g/mol. The van der Waals surface area contributed by atoms with E-state index < -0.39 is 0 Å². The second-order valence-electron chi connectivity index (χ2n) is 4.01. The van der Waals surface area contributed by atoms with Gasteiger partial charge in [-0.3, -0.25) is 5.32 Å². The van der Waals surface area contributed by atoms with E-state index >= 15 is 0 Å². The van der Waals surface area contributed by atoms with E-state index in [4.69, 9.17) is 5.26 Å². The summed E-state index contributed by atoms with van der Waals surface area (Å²) in [5.41, 5.74) is 0. The molecule has 0 aromatic heterocycles. The molecule has 1 N–H and O–H groups in total. The van der Waals surface area contributed by atoms with Crippen molar-refractivity contribution in [2.75, 3.05) is 19.6 Å². The van der Waals surface area contributed by atoms with Gasteiger partial charge in [-0.15, -0.1) is 0 Å². The third-order valence-electron chi connectivity index (χ3n) is 2.33. The predicted octanol–water partition coefficient (Wildman–Crippen LogP) is 0.972. The Morgan fingerprint density at radius 3 is 2.46 bits per heavy atom. The van der Waals surface area contributed by atoms with E-state index in [9.17, 15) is 0 Å². The average molecular weight is 181 g/mol. The lowest BCUT2D eigenvalue weighted by Gasteiger charge is -2.20. The van der Waals surface area contributed by atoms with Crippen LogP contribution in [-0.2, 0) is 0 Å². The maximum absolute atomic E-state index is 8.90. The molecule has 3 nitrogen and oxygen atoms in total. The van der Waals surface area contributed by atoms with E-state index in [2.05, 4.69) is 30.1 Å². The number of nitrogens with one attached hydrogen (secondary N) is 1. The molecule has 0 aliphatic carbocycles. The number of hydrogen-bond donors (Lipinski definition) is 1. The molecule has 1 saturated heterocycles. The molecule has 1 fully saturated rings. The van der Waals surface area contributed by atoms with Crippen LogP contribution in [0.25, 0.3) is 0 Å². The van der Waals surface area contributed by atoms with Crippen LogP contribution in [-0.4, -0.2) is 36.6 Å². The first-order valence-corrected chi connectivity index (χ1v) is 5.10. The van der Waals surface area contributed by atoms with Crippen LogP contribution in [0.1, 0.15) is 26.7 Å². The van der Waals surface area contributed by atoms with Crippen molar-refractivity contribution in [1.29, 1.82) is 5.26 Å². The molecule has 13 heavy (non-hydrogen) atoms. The predicted molar refractivity (Wildman–Crippen MR) is 53.3 cm³/mol. The number of nitrogens with zero attached hydrogens (tertiary/aromatic N) is 2. The SMILES string of the molecule is CC(C)NC(C#N)CN1CCCC1. The highest BCUT2D eigenvalue weighted by Crippen LogP contribution is 2.07. The summed E-state index contributed by atoms with van der Waals surface area (Å²) in [6.07, 6.45) is 2.58. The lowest BCUT2D eigenvalue weighted by Crippen LogP contribution is -2.42. The Kier molecular flexibility index (Phi) is 4.20. The van der Waals surface area contributed by atoms with E-state index in [0.717, 1.165) is 19.6 Å². The summed E-state index contributed by atoms with van der Waals surface area (Å²) in [4.78, 5) is 2.36. The Morgan fingerprint density at radius 1 is 1.38 bits per heavy atom. The molecule has 0 saturated carbocycles. The number of nitriles is 1. The third kappa shape index (κ3) is 3.75. The molecule has 1 rings (SSSR count). The van der Waals surface area contributed by atoms with E-state index in [0.29, 0.717) is 6.04 Å². The van der Waals surface area contributed by atoms with Crippen LogP contribution in [0, 0.1) is 11.3 Å². The molecular formula is C10H19N3. The molecule has 74 valence electrons. The summed E-state index contributed by atoms with van der Waals surface area (Å²) in [7, 11) is 0. The summed E-state index contributed by atoms with van der Waals surface area (Å²) >= 11 is 0. The topological polar surface area (TPSA) is 39.1 Å². The molecule has 0 bridgehead atoms. The van der Waals surface area contributed by atoms with Crippen molar-refractivity contribution >= 4 is 0 Å². The first-order valence-electron chi connectivity index (χ1n) is 5.10. The van der Waals surface area contributed by atoms with Crippen LogP contribution in [0.2, 0.25) is 0 Å². The van der Waals surface area contributed by atoms with Crippen LogP contribution in [0.3, 0.4) is 0 Å². The van der Waals surface area contributed by atoms with Crippen molar-refractivity contribution < 1.29 is 0 Å². The van der Waals surface area contributed by atoms with Crippen molar-refractivity contribution in [1.82, 2.24) is 10.2 Å². The number of hydrogen-bond acceptors (Lipinski definition) is 3. The first-order chi connectivity index (χ1) is 6.22. The van der Waals surface area contributed by atoms with E-state index in [1.165, 1.54) is 12.8 Å². The van der Waals surface area contributed by atoms with Gasteiger partial charge in [0, 0.05) is 12.6 Å². The van der Waals surface area contributed by atoms with Gasteiger partial charge in [0.1, 0.15) is 6.04 Å². The summed E-state index contributed by atoms with van der Waals surface area (Å²) in [5.74, 6) is 0. The van der Waals surface area contributed by atoms with Gasteiger partial charge >= 0.3 is 0 Å². The van der Waals surface area contributed by atoms with Crippen molar-refractivity contribution in [3.63, 3.8) is 0 Å². The van der Waals surface area contributed by atoms with Gasteiger partial charge in [-0.05, 0) is 39.8 Å². The van der Waals surface area contributed by atoms with Crippen LogP contribution >= 0.6 is 0 Å². The van der Waals surface area contributed by atoms with Gasteiger partial charge in [0.2, 0.25) is 0 Å². The first kappa shape index (κ1) is 10.5. The quantitative estimate of drug-likeness (QED) is 0.702. The van der Waals surface area contributed by atoms with Gasteiger partial charge in [0.25, 0.3) is 0 Å². The smallest absolute Gasteiger partial charge is 0.108 e. The molecule has 0 aromatic rings. The minimum atomic E-state index is -0.00176. The molecule has 1 atom stereocenters. The van der Waals surface area contributed by atoms with Gasteiger partial charge < -0.3 is 4.90 Å². The Bertz CT molecular complexity index is 177. The lowest BCUT2D eigenvalue weighted by molar-refractivity contribution is 0.307. The highest BCUT2D eigenvalue weighted by molar-refractivity contribution is 4.93. The zero-order valence-electron chi connectivity index (χ0n) is 8.58. The zero-order valence-corrected chi connectivity index (χ0v) is 8.58. The summed E-state index contributed by atoms with van der Waals surface area (Å²) in [6.45, 7) is 7.37. The summed E-state index contributed by atoms with van der Waals surface area (Å²) in [6, 6.07) is 2.70. The Balaban J connectivity index is 2.27. The standard InChI is InChI=1S/C10H19N3/c1-9(2)12-10(7-11)8-13-5-3-4-6-13/h9-10,12H,3-6,8H2,1-2H3. The maximum atomic E-state index is 8.90. The van der Waals surface area contributed by atoms with E-state index in [1.54, 1.807) is 0 Å². The molecule has 0 radical (unpaired) electrons. The number of likely N-dealkylation sites (tertiary alicyclic amines) is 1. The van der Waals surface area contributed by atoms with Gasteiger partial charge in [0.05, 0.1) is 6.07 Å². The fourth-order valence-electron chi connectivity index (χ4n) is 1.76. The van der Waals surface area contributed by atoms with Crippen molar-refractivity contribution in [3.05, 3.63) is 0 Å². The maximum Gasteiger partial charge on any atom is 0.108 e. The average Bonchev–Trinajstić information content (AvgIpc) is 2.55. The summed E-state index contributed by atoms with van der Waals surface area (Å²) in [5, 5.41) is 12.1. The normalized spacial score (nSPS) is 20.5. The second-order valence-corrected chi connectivity index (χ2v) is 4.01. The molecule has 0 aromatic carbocycles. The summed E-state index contributed by atoms with van der Waals surface area (Å²) < 4.78 is 0. The van der Waals surface area contributed by atoms with Crippen molar-refractivity contribution in [2.24, 2.45) is 0 Å². The van der Waals surface area contributed by atoms with Gasteiger partial charge in [-0.1, -0.05) is 0 Å². The molecule has 0 spiro atoms. The molecular weight excluding hydrogens is 162 g/mol. The third-order valence-corrected chi connectivity index (χ3v) is 2.33. The van der Waals surface area contributed by atoms with E-state index in [-0.39, 0.29) is 6.04 Å². The fraction of sp³-hybridized carbons (Fsp3) is 0.900. The molecule has 0 amide bonds. The van der Waals surface area contributed by atoms with Crippen LogP contribution in [0.15, 0.2) is 0 Å². The Hall–Kier alpha value is -0.590. The van der Waals surface area contributed by atoms with Crippen LogP contribution in [0.5, 0.6) is 0 Å². The van der Waals surface area contributed by atoms with E-state index in [1.807, 2.05) is 0 Å². The van der Waals surface area contributed by atoms with Crippen molar-refractivity contribution in [2.45, 2.75) is 38.8 Å². The van der Waals surface area contributed by atoms with Crippen LogP contribution in [0.4, 0.5) is 0 Å². The Morgan fingerprint density at radius 2 is 2.00 bits per heavy atom.